The van der Waals surface area contributed by atoms with Crippen LogP contribution < -0.4 is 31.3 Å². The summed E-state index contributed by atoms with van der Waals surface area (Å²) in [5.74, 6) is -0.954. The molecular weight excluding hydrogens is 603 g/mol. The van der Waals surface area contributed by atoms with Crippen LogP contribution in [-0.2, 0) is 14.2 Å². The largest absolute Gasteiger partial charge is 0.494 e. The second kappa shape index (κ2) is 18.0. The lowest BCUT2D eigenvalue weighted by Gasteiger charge is -2.29. The number of furan rings is 1. The normalized spacial score (nSPS) is 13.4. The predicted molar refractivity (Wildman–Crippen MR) is 169 cm³/mol. The van der Waals surface area contributed by atoms with E-state index in [2.05, 4.69) is 10.6 Å². The van der Waals surface area contributed by atoms with Crippen molar-refractivity contribution < 1.29 is 42.7 Å². The third-order valence-corrected chi connectivity index (χ3v) is 8.28. The number of amides is 3. The number of nitrogens with zero attached hydrogens (tertiary/aromatic N) is 1. The van der Waals surface area contributed by atoms with Crippen molar-refractivity contribution in [2.24, 2.45) is 5.92 Å². The van der Waals surface area contributed by atoms with E-state index in [1.807, 2.05) is 6.92 Å². The molecule has 0 saturated heterocycles. The van der Waals surface area contributed by atoms with Gasteiger partial charge >= 0.3 is 7.60 Å². The standard InChI is InChI=1S/C31H40N3O9P.H3N/c1-4-7-9-14-26(27(5-2)34(38)21-35)30(36)32-20-33-31(37)29-16-15-28(42-29)22-17-24(41-6-3)19-25(18-22)44(39,40)43-23-12-10-8-11-13-23;/h8,10-13,15-19,21,26-27,38H,4-7,9,14,20H2,1-3H3,(H,32,36)(H,33,37)(H,39,40);1H3/t26-,27-;/m1./s1. The Bertz CT molecular complexity index is 1430. The van der Waals surface area contributed by atoms with E-state index in [-0.39, 0.29) is 41.8 Å². The minimum absolute atomic E-state index is 0. The highest BCUT2D eigenvalue weighted by Crippen LogP contribution is 2.43. The van der Waals surface area contributed by atoms with Crippen molar-refractivity contribution in [1.82, 2.24) is 21.8 Å². The molecule has 246 valence electrons. The van der Waals surface area contributed by atoms with E-state index < -0.39 is 31.4 Å². The summed E-state index contributed by atoms with van der Waals surface area (Å²) < 4.78 is 29.9. The molecule has 3 rings (SSSR count). The van der Waals surface area contributed by atoms with Gasteiger partial charge in [-0.15, -0.1) is 0 Å². The molecule has 0 spiro atoms. The van der Waals surface area contributed by atoms with Gasteiger partial charge in [0.25, 0.3) is 5.91 Å². The van der Waals surface area contributed by atoms with E-state index in [0.717, 1.165) is 19.3 Å². The van der Waals surface area contributed by atoms with Gasteiger partial charge in [-0.3, -0.25) is 19.6 Å². The zero-order chi connectivity index (χ0) is 32.1. The maximum atomic E-state index is 13.2. The van der Waals surface area contributed by atoms with Gasteiger partial charge in [-0.25, -0.2) is 9.63 Å². The molecule has 13 nitrogen and oxygen atoms in total. The van der Waals surface area contributed by atoms with Crippen molar-refractivity contribution in [3.63, 3.8) is 0 Å². The van der Waals surface area contributed by atoms with Crippen molar-refractivity contribution >= 4 is 31.1 Å². The fraction of sp³-hybridized carbons (Fsp3) is 0.387. The first-order valence-corrected chi connectivity index (χ1v) is 16.2. The van der Waals surface area contributed by atoms with E-state index in [9.17, 15) is 29.0 Å². The molecular formula is C31H43N4O9P. The zero-order valence-electron chi connectivity index (χ0n) is 25.8. The highest BCUT2D eigenvalue weighted by Gasteiger charge is 2.31. The summed E-state index contributed by atoms with van der Waals surface area (Å²) in [6.07, 6.45) is 3.72. The fourth-order valence-corrected chi connectivity index (χ4v) is 5.81. The van der Waals surface area contributed by atoms with Crippen molar-refractivity contribution in [3.05, 3.63) is 66.4 Å². The second-order valence-corrected chi connectivity index (χ2v) is 11.8. The van der Waals surface area contributed by atoms with Crippen LogP contribution in [0, 0.1) is 5.92 Å². The molecule has 14 heteroatoms. The summed E-state index contributed by atoms with van der Waals surface area (Å²) in [6.45, 7) is 5.68. The summed E-state index contributed by atoms with van der Waals surface area (Å²) in [4.78, 5) is 47.7. The van der Waals surface area contributed by atoms with E-state index in [0.29, 0.717) is 35.8 Å². The number of nitrogens with one attached hydrogen (secondary N) is 2. The highest BCUT2D eigenvalue weighted by atomic mass is 31.2. The molecule has 45 heavy (non-hydrogen) atoms. The third kappa shape index (κ3) is 10.5. The average molecular weight is 647 g/mol. The summed E-state index contributed by atoms with van der Waals surface area (Å²) in [6, 6.07) is 15.0. The van der Waals surface area contributed by atoms with E-state index in [1.165, 1.54) is 24.3 Å². The Labute approximate surface area is 263 Å². The van der Waals surface area contributed by atoms with Crippen LogP contribution in [0.1, 0.15) is 63.4 Å². The minimum Gasteiger partial charge on any atom is -0.494 e. The maximum Gasteiger partial charge on any atom is 0.408 e. The quantitative estimate of drug-likeness (QED) is 0.0312. The van der Waals surface area contributed by atoms with Crippen LogP contribution in [0.5, 0.6) is 11.5 Å². The molecule has 0 aliphatic rings. The van der Waals surface area contributed by atoms with Crippen molar-refractivity contribution in [3.8, 4) is 22.8 Å². The van der Waals surface area contributed by atoms with Gasteiger partial charge in [-0.05, 0) is 62.2 Å². The van der Waals surface area contributed by atoms with Gasteiger partial charge in [0.1, 0.15) is 17.3 Å². The first-order chi connectivity index (χ1) is 21.1. The number of ether oxygens (including phenoxy) is 1. The summed E-state index contributed by atoms with van der Waals surface area (Å²) in [7, 11) is -4.32. The molecule has 3 aromatic rings. The number of hydroxylamine groups is 2. The van der Waals surface area contributed by atoms with Gasteiger partial charge < -0.3 is 35.4 Å². The number of benzene rings is 2. The Hall–Kier alpha value is -4.16. The van der Waals surface area contributed by atoms with E-state index >= 15 is 0 Å². The van der Waals surface area contributed by atoms with Crippen LogP contribution in [0.15, 0.2) is 65.1 Å². The molecule has 0 radical (unpaired) electrons. The summed E-state index contributed by atoms with van der Waals surface area (Å²) in [5.41, 5.74) is 0.383. The molecule has 2 aromatic carbocycles. The molecule has 1 aromatic heterocycles. The topological polar surface area (TPSA) is 203 Å². The van der Waals surface area contributed by atoms with Crippen LogP contribution >= 0.6 is 7.60 Å². The average Bonchev–Trinajstić information content (AvgIpc) is 3.51. The Kier molecular flexibility index (Phi) is 14.8. The number of carbonyl (C=O) groups is 3. The lowest BCUT2D eigenvalue weighted by Crippen LogP contribution is -2.47. The number of para-hydroxylation sites is 1. The summed E-state index contributed by atoms with van der Waals surface area (Å²) in [5, 5.41) is 15.7. The van der Waals surface area contributed by atoms with E-state index in [4.69, 9.17) is 13.7 Å². The van der Waals surface area contributed by atoms with Crippen molar-refractivity contribution in [1.29, 1.82) is 0 Å². The molecule has 0 aliphatic carbocycles. The monoisotopic (exact) mass is 646 g/mol. The highest BCUT2D eigenvalue weighted by molar-refractivity contribution is 7.61. The van der Waals surface area contributed by atoms with Gasteiger partial charge in [0.15, 0.2) is 5.76 Å². The Morgan fingerprint density at radius 2 is 1.76 bits per heavy atom. The van der Waals surface area contributed by atoms with Gasteiger partial charge in [0, 0.05) is 5.56 Å². The SMILES string of the molecule is CCCCC[C@@H](C(=O)NCNC(=O)c1ccc(-c2cc(OCC)cc(P(=O)(O)Oc3ccccc3)c2)o1)[C@@H](CC)N(O)C=O.N. The van der Waals surface area contributed by atoms with Crippen LogP contribution in [0.3, 0.4) is 0 Å². The van der Waals surface area contributed by atoms with Crippen LogP contribution in [0.2, 0.25) is 0 Å². The lowest BCUT2D eigenvalue weighted by molar-refractivity contribution is -0.168. The molecule has 3 amide bonds. The molecule has 7 N–H and O–H groups in total. The first-order valence-electron chi connectivity index (χ1n) is 14.6. The van der Waals surface area contributed by atoms with Crippen LogP contribution in [-0.4, -0.2) is 52.7 Å². The predicted octanol–water partition coefficient (Wildman–Crippen LogP) is 5.02. The fourth-order valence-electron chi connectivity index (χ4n) is 4.71. The van der Waals surface area contributed by atoms with Crippen LogP contribution in [0.25, 0.3) is 11.3 Å². The van der Waals surface area contributed by atoms with Crippen molar-refractivity contribution in [2.75, 3.05) is 13.3 Å². The molecule has 0 aliphatic heterocycles. The molecule has 0 saturated carbocycles. The number of unbranched alkanes of at least 4 members (excludes halogenated alkanes) is 2. The van der Waals surface area contributed by atoms with Crippen molar-refractivity contribution in [2.45, 2.75) is 58.9 Å². The Morgan fingerprint density at radius 1 is 1.02 bits per heavy atom. The molecule has 3 atom stereocenters. The number of carbonyl (C=O) groups excluding carboxylic acids is 3. The van der Waals surface area contributed by atoms with Gasteiger partial charge in [-0.1, -0.05) is 51.3 Å². The maximum absolute atomic E-state index is 13.2. The Balaban J connectivity index is 0.00000705. The smallest absolute Gasteiger partial charge is 0.408 e. The molecule has 1 heterocycles. The molecule has 0 fully saturated rings. The third-order valence-electron chi connectivity index (χ3n) is 6.91. The number of hydrogen-bond donors (Lipinski definition) is 5. The van der Waals surface area contributed by atoms with Gasteiger partial charge in [0.2, 0.25) is 12.3 Å². The minimum atomic E-state index is -4.32. The first kappa shape index (κ1) is 37.0. The van der Waals surface area contributed by atoms with Gasteiger partial charge in [-0.2, -0.15) is 0 Å². The summed E-state index contributed by atoms with van der Waals surface area (Å²) >= 11 is 0. The molecule has 0 bridgehead atoms. The van der Waals surface area contributed by atoms with Gasteiger partial charge in [0.05, 0.1) is 30.5 Å². The zero-order valence-corrected chi connectivity index (χ0v) is 26.7. The van der Waals surface area contributed by atoms with E-state index in [1.54, 1.807) is 50.2 Å². The second-order valence-electron chi connectivity index (χ2n) is 10.0. The molecule has 1 unspecified atom stereocenters. The lowest BCUT2D eigenvalue weighted by atomic mass is 9.90. The number of hydrogen-bond acceptors (Lipinski definition) is 9. The van der Waals surface area contributed by atoms with Crippen LogP contribution in [0.4, 0.5) is 0 Å². The Morgan fingerprint density at radius 3 is 2.40 bits per heavy atom. The number of rotatable bonds is 18.